The van der Waals surface area contributed by atoms with Crippen molar-refractivity contribution in [3.63, 3.8) is 0 Å². The summed E-state index contributed by atoms with van der Waals surface area (Å²) in [6.07, 6.45) is 0.690. The molecule has 1 amide bonds. The maximum atomic E-state index is 13.5. The van der Waals surface area contributed by atoms with Crippen molar-refractivity contribution in [1.82, 2.24) is 19.3 Å². The summed E-state index contributed by atoms with van der Waals surface area (Å²) in [5, 5.41) is 8.01. The standard InChI is InChI=1S/C26H29N5O2S/c1-5-31-24-23(19(4)29-31)28-26(30(25(24)33)14-13-20-9-7-6-8-10-20)34-16-22(32)27-21-15-17(2)11-12-18(21)3/h6-12,15H,5,13-14,16H2,1-4H3,(H,27,32). The number of thioether (sulfide) groups is 1. The second kappa shape index (κ2) is 10.3. The van der Waals surface area contributed by atoms with Gasteiger partial charge in [-0.05, 0) is 56.9 Å². The average Bonchev–Trinajstić information content (AvgIpc) is 3.16. The third-order valence-corrected chi connectivity index (χ3v) is 6.72. The minimum Gasteiger partial charge on any atom is -0.325 e. The van der Waals surface area contributed by atoms with Gasteiger partial charge in [-0.15, -0.1) is 0 Å². The molecule has 1 N–H and O–H groups in total. The lowest BCUT2D eigenvalue weighted by Gasteiger charge is -2.13. The van der Waals surface area contributed by atoms with Crippen molar-refractivity contribution in [3.05, 3.63) is 81.3 Å². The Balaban J connectivity index is 1.63. The highest BCUT2D eigenvalue weighted by Gasteiger charge is 2.19. The van der Waals surface area contributed by atoms with E-state index >= 15 is 0 Å². The van der Waals surface area contributed by atoms with Crippen LogP contribution in [0.1, 0.15) is 29.3 Å². The van der Waals surface area contributed by atoms with Crippen molar-refractivity contribution in [2.24, 2.45) is 0 Å². The van der Waals surface area contributed by atoms with Gasteiger partial charge in [0.15, 0.2) is 10.7 Å². The molecule has 2 aromatic heterocycles. The maximum Gasteiger partial charge on any atom is 0.280 e. The van der Waals surface area contributed by atoms with Crippen LogP contribution in [0.4, 0.5) is 5.69 Å². The number of carbonyl (C=O) groups is 1. The molecular weight excluding hydrogens is 446 g/mol. The molecule has 4 rings (SSSR count). The molecule has 0 unspecified atom stereocenters. The number of hydrogen-bond donors (Lipinski definition) is 1. The molecule has 0 aliphatic carbocycles. The van der Waals surface area contributed by atoms with Crippen LogP contribution >= 0.6 is 11.8 Å². The number of nitrogens with one attached hydrogen (secondary N) is 1. The van der Waals surface area contributed by atoms with Gasteiger partial charge in [0.1, 0.15) is 5.52 Å². The number of fused-ring (bicyclic) bond motifs is 1. The molecule has 4 aromatic rings. The molecule has 0 bridgehead atoms. The third kappa shape index (κ3) is 5.07. The van der Waals surface area contributed by atoms with Crippen molar-refractivity contribution in [1.29, 1.82) is 0 Å². The zero-order chi connectivity index (χ0) is 24.2. The topological polar surface area (TPSA) is 81.8 Å². The van der Waals surface area contributed by atoms with Crippen LogP contribution in [0.5, 0.6) is 0 Å². The van der Waals surface area contributed by atoms with E-state index in [1.807, 2.05) is 76.2 Å². The number of aryl methyl sites for hydroxylation is 5. The van der Waals surface area contributed by atoms with Crippen LogP contribution in [-0.4, -0.2) is 31.0 Å². The van der Waals surface area contributed by atoms with E-state index in [0.717, 1.165) is 22.4 Å². The number of anilines is 1. The van der Waals surface area contributed by atoms with E-state index in [-0.39, 0.29) is 17.2 Å². The predicted molar refractivity (Wildman–Crippen MR) is 138 cm³/mol. The number of rotatable bonds is 8. The van der Waals surface area contributed by atoms with Gasteiger partial charge in [-0.3, -0.25) is 18.8 Å². The third-order valence-electron chi connectivity index (χ3n) is 5.75. The molecule has 0 fully saturated rings. The van der Waals surface area contributed by atoms with Crippen molar-refractivity contribution < 1.29 is 4.79 Å². The zero-order valence-electron chi connectivity index (χ0n) is 20.0. The summed E-state index contributed by atoms with van der Waals surface area (Å²) in [7, 11) is 0. The quantitative estimate of drug-likeness (QED) is 0.299. The summed E-state index contributed by atoms with van der Waals surface area (Å²) < 4.78 is 3.39. The van der Waals surface area contributed by atoms with Crippen molar-refractivity contribution in [2.45, 2.75) is 52.4 Å². The lowest BCUT2D eigenvalue weighted by molar-refractivity contribution is -0.113. The second-order valence-electron chi connectivity index (χ2n) is 8.34. The SMILES string of the molecule is CCn1nc(C)c2nc(SCC(=O)Nc3cc(C)ccc3C)n(CCc3ccccc3)c(=O)c21. The zero-order valence-corrected chi connectivity index (χ0v) is 20.8. The van der Waals surface area contributed by atoms with Crippen LogP contribution < -0.4 is 10.9 Å². The fraction of sp³-hybridized carbons (Fsp3) is 0.308. The van der Waals surface area contributed by atoms with Gasteiger partial charge in [0.2, 0.25) is 5.91 Å². The minimum atomic E-state index is -0.136. The first kappa shape index (κ1) is 23.8. The largest absolute Gasteiger partial charge is 0.325 e. The Morgan fingerprint density at radius 3 is 2.59 bits per heavy atom. The Morgan fingerprint density at radius 2 is 1.85 bits per heavy atom. The number of amides is 1. The number of benzene rings is 2. The van der Waals surface area contributed by atoms with Gasteiger partial charge in [0.05, 0.1) is 11.4 Å². The van der Waals surface area contributed by atoms with E-state index in [9.17, 15) is 9.59 Å². The molecule has 176 valence electrons. The predicted octanol–water partition coefficient (Wildman–Crippen LogP) is 4.51. The first-order valence-corrected chi connectivity index (χ1v) is 12.4. The molecule has 8 heteroatoms. The Labute approximate surface area is 203 Å². The minimum absolute atomic E-state index is 0.124. The molecule has 2 aromatic carbocycles. The highest BCUT2D eigenvalue weighted by atomic mass is 32.2. The van der Waals surface area contributed by atoms with Crippen LogP contribution in [0.15, 0.2) is 58.5 Å². The second-order valence-corrected chi connectivity index (χ2v) is 9.28. The van der Waals surface area contributed by atoms with Crippen molar-refractivity contribution in [3.8, 4) is 0 Å². The molecule has 0 atom stereocenters. The summed E-state index contributed by atoms with van der Waals surface area (Å²) in [5.74, 6) is 0.0149. The molecule has 0 aliphatic rings. The molecule has 7 nitrogen and oxygen atoms in total. The molecular formula is C26H29N5O2S. The van der Waals surface area contributed by atoms with E-state index in [1.54, 1.807) is 9.25 Å². The fourth-order valence-electron chi connectivity index (χ4n) is 3.90. The first-order valence-electron chi connectivity index (χ1n) is 11.4. The molecule has 2 heterocycles. The molecule has 0 aliphatic heterocycles. The smallest absolute Gasteiger partial charge is 0.280 e. The lowest BCUT2D eigenvalue weighted by atomic mass is 10.1. The molecule has 0 saturated carbocycles. The van der Waals surface area contributed by atoms with Gasteiger partial charge >= 0.3 is 0 Å². The monoisotopic (exact) mass is 475 g/mol. The van der Waals surface area contributed by atoms with Crippen LogP contribution in [0.25, 0.3) is 11.0 Å². The molecule has 0 radical (unpaired) electrons. The lowest BCUT2D eigenvalue weighted by Crippen LogP contribution is -2.26. The number of hydrogen-bond acceptors (Lipinski definition) is 5. The number of carbonyl (C=O) groups excluding carboxylic acids is 1. The molecule has 34 heavy (non-hydrogen) atoms. The number of aromatic nitrogens is 4. The summed E-state index contributed by atoms with van der Waals surface area (Å²) in [5.41, 5.74) is 5.72. The summed E-state index contributed by atoms with van der Waals surface area (Å²) in [4.78, 5) is 31.1. The number of nitrogens with zero attached hydrogens (tertiary/aromatic N) is 4. The maximum absolute atomic E-state index is 13.5. The van der Waals surface area contributed by atoms with Gasteiger partial charge in [-0.25, -0.2) is 4.98 Å². The van der Waals surface area contributed by atoms with E-state index in [0.29, 0.717) is 41.4 Å². The van der Waals surface area contributed by atoms with Gasteiger partial charge in [0, 0.05) is 18.8 Å². The Hall–Kier alpha value is -3.39. The van der Waals surface area contributed by atoms with Gasteiger partial charge in [0.25, 0.3) is 5.56 Å². The van der Waals surface area contributed by atoms with Crippen molar-refractivity contribution in [2.75, 3.05) is 11.1 Å². The van der Waals surface area contributed by atoms with E-state index in [2.05, 4.69) is 10.4 Å². The fourth-order valence-corrected chi connectivity index (χ4v) is 4.72. The summed E-state index contributed by atoms with van der Waals surface area (Å²) in [6, 6.07) is 16.0. The Morgan fingerprint density at radius 1 is 1.09 bits per heavy atom. The Kier molecular flexibility index (Phi) is 7.17. The average molecular weight is 476 g/mol. The highest BCUT2D eigenvalue weighted by Crippen LogP contribution is 2.22. The molecule has 0 saturated heterocycles. The van der Waals surface area contributed by atoms with Crippen LogP contribution in [0, 0.1) is 20.8 Å². The van der Waals surface area contributed by atoms with Crippen molar-refractivity contribution >= 4 is 34.4 Å². The van der Waals surface area contributed by atoms with E-state index in [4.69, 9.17) is 4.98 Å². The first-order chi connectivity index (χ1) is 16.4. The summed E-state index contributed by atoms with van der Waals surface area (Å²) in [6.45, 7) is 8.84. The van der Waals surface area contributed by atoms with E-state index < -0.39 is 0 Å². The van der Waals surface area contributed by atoms with E-state index in [1.165, 1.54) is 11.8 Å². The van der Waals surface area contributed by atoms with Gasteiger partial charge in [-0.2, -0.15) is 5.10 Å². The normalized spacial score (nSPS) is 11.2. The van der Waals surface area contributed by atoms with Crippen LogP contribution in [-0.2, 0) is 24.3 Å². The van der Waals surface area contributed by atoms with Crippen LogP contribution in [0.2, 0.25) is 0 Å². The van der Waals surface area contributed by atoms with Gasteiger partial charge < -0.3 is 5.32 Å². The van der Waals surface area contributed by atoms with Gasteiger partial charge in [-0.1, -0.05) is 54.2 Å². The molecule has 0 spiro atoms. The highest BCUT2D eigenvalue weighted by molar-refractivity contribution is 7.99. The van der Waals surface area contributed by atoms with Crippen LogP contribution in [0.3, 0.4) is 0 Å². The Bertz CT molecular complexity index is 1390. The summed E-state index contributed by atoms with van der Waals surface area (Å²) >= 11 is 1.28.